The second-order valence-electron chi connectivity index (χ2n) is 4.17. The number of hydrogen-bond acceptors (Lipinski definition) is 3. The van der Waals surface area contributed by atoms with Crippen LogP contribution in [0, 0.1) is 20.8 Å². The van der Waals surface area contributed by atoms with Crippen molar-refractivity contribution in [2.45, 2.75) is 27.7 Å². The summed E-state index contributed by atoms with van der Waals surface area (Å²) in [5.74, 6) is 0.527. The third-order valence-corrected chi connectivity index (χ3v) is 2.64. The average Bonchev–Trinajstić information content (AvgIpc) is 2.31. The predicted molar refractivity (Wildman–Crippen MR) is 71.9 cm³/mol. The summed E-state index contributed by atoms with van der Waals surface area (Å²) in [6, 6.07) is 4.12. The normalized spacial score (nSPS) is 10.7. The van der Waals surface area contributed by atoms with E-state index in [1.54, 1.807) is 13.0 Å². The second kappa shape index (κ2) is 6.84. The molecule has 3 nitrogen and oxygen atoms in total. The van der Waals surface area contributed by atoms with Crippen LogP contribution in [0.25, 0.3) is 0 Å². The highest BCUT2D eigenvalue weighted by Crippen LogP contribution is 2.23. The molecule has 0 saturated carbocycles. The Balaban J connectivity index is 2.56. The Hall–Kier alpha value is -1.77. The molecule has 0 N–H and O–H groups in total. The number of carbonyl (C=O) groups is 1. The Kier molecular flexibility index (Phi) is 5.43. The molecular weight excluding hydrogens is 228 g/mol. The van der Waals surface area contributed by atoms with Gasteiger partial charge in [-0.3, -0.25) is 0 Å². The largest absolute Gasteiger partial charge is 0.489 e. The molecule has 0 aliphatic heterocycles. The topological polar surface area (TPSA) is 35.5 Å². The fourth-order valence-corrected chi connectivity index (χ4v) is 1.62. The molecule has 0 bridgehead atoms. The van der Waals surface area contributed by atoms with Gasteiger partial charge in [-0.1, -0.05) is 6.07 Å². The number of esters is 1. The van der Waals surface area contributed by atoms with E-state index < -0.39 is 0 Å². The first-order valence-electron chi connectivity index (χ1n) is 6.08. The summed E-state index contributed by atoms with van der Waals surface area (Å²) in [5.41, 5.74) is 3.51. The van der Waals surface area contributed by atoms with Crippen LogP contribution < -0.4 is 4.74 Å². The molecule has 0 spiro atoms. The molecule has 18 heavy (non-hydrogen) atoms. The van der Waals surface area contributed by atoms with E-state index in [4.69, 9.17) is 9.47 Å². The summed E-state index contributed by atoms with van der Waals surface area (Å²) in [5, 5.41) is 0. The van der Waals surface area contributed by atoms with Gasteiger partial charge in [0.15, 0.2) is 0 Å². The van der Waals surface area contributed by atoms with Crippen molar-refractivity contribution in [2.24, 2.45) is 0 Å². The zero-order valence-corrected chi connectivity index (χ0v) is 11.4. The third kappa shape index (κ3) is 4.24. The van der Waals surface area contributed by atoms with Gasteiger partial charge in [-0.15, -0.1) is 0 Å². The smallest absolute Gasteiger partial charge is 0.330 e. The zero-order chi connectivity index (χ0) is 13.5. The SMILES string of the molecule is CCOC(=O)/C=C/COc1cc(C)cc(C)c1C. The van der Waals surface area contributed by atoms with Crippen molar-refractivity contribution in [2.75, 3.05) is 13.2 Å². The van der Waals surface area contributed by atoms with E-state index in [0.717, 1.165) is 11.3 Å². The number of carbonyl (C=O) groups excluding carboxylic acids is 1. The molecule has 0 aromatic heterocycles. The standard InChI is InChI=1S/C15H20O3/c1-5-17-15(16)7-6-8-18-14-10-11(2)9-12(3)13(14)4/h6-7,9-10H,5,8H2,1-4H3/b7-6+. The van der Waals surface area contributed by atoms with Crippen LogP contribution >= 0.6 is 0 Å². The molecule has 0 fully saturated rings. The first-order chi connectivity index (χ1) is 8.54. The van der Waals surface area contributed by atoms with E-state index in [1.807, 2.05) is 19.9 Å². The Morgan fingerprint density at radius 2 is 2.00 bits per heavy atom. The van der Waals surface area contributed by atoms with Crippen molar-refractivity contribution in [1.82, 2.24) is 0 Å². The summed E-state index contributed by atoms with van der Waals surface area (Å²) >= 11 is 0. The molecule has 0 aliphatic carbocycles. The highest BCUT2D eigenvalue weighted by atomic mass is 16.5. The molecule has 0 radical (unpaired) electrons. The van der Waals surface area contributed by atoms with Crippen molar-refractivity contribution in [3.8, 4) is 5.75 Å². The molecule has 0 atom stereocenters. The van der Waals surface area contributed by atoms with E-state index >= 15 is 0 Å². The second-order valence-corrected chi connectivity index (χ2v) is 4.17. The number of ether oxygens (including phenoxy) is 2. The van der Waals surface area contributed by atoms with Crippen LogP contribution in [0.4, 0.5) is 0 Å². The lowest BCUT2D eigenvalue weighted by atomic mass is 10.1. The molecule has 0 saturated heterocycles. The predicted octanol–water partition coefficient (Wildman–Crippen LogP) is 3.11. The summed E-state index contributed by atoms with van der Waals surface area (Å²) in [6.45, 7) is 8.65. The Morgan fingerprint density at radius 3 is 2.67 bits per heavy atom. The van der Waals surface area contributed by atoms with Crippen LogP contribution in [0.3, 0.4) is 0 Å². The first kappa shape index (κ1) is 14.3. The lowest BCUT2D eigenvalue weighted by Gasteiger charge is -2.10. The van der Waals surface area contributed by atoms with E-state index in [9.17, 15) is 4.79 Å². The van der Waals surface area contributed by atoms with Crippen molar-refractivity contribution < 1.29 is 14.3 Å². The Bertz CT molecular complexity index is 447. The van der Waals surface area contributed by atoms with E-state index in [1.165, 1.54) is 17.2 Å². The molecular formula is C15H20O3. The molecule has 0 heterocycles. The maximum absolute atomic E-state index is 11.1. The number of aryl methyl sites for hydroxylation is 2. The van der Waals surface area contributed by atoms with Crippen LogP contribution in [0.15, 0.2) is 24.3 Å². The van der Waals surface area contributed by atoms with E-state index in [0.29, 0.717) is 13.2 Å². The summed E-state index contributed by atoms with van der Waals surface area (Å²) < 4.78 is 10.4. The van der Waals surface area contributed by atoms with Crippen molar-refractivity contribution in [3.63, 3.8) is 0 Å². The Labute approximate surface area is 108 Å². The summed E-state index contributed by atoms with van der Waals surface area (Å²) in [4.78, 5) is 11.1. The van der Waals surface area contributed by atoms with E-state index in [2.05, 4.69) is 13.0 Å². The summed E-state index contributed by atoms with van der Waals surface area (Å²) in [6.07, 6.45) is 3.05. The van der Waals surface area contributed by atoms with E-state index in [-0.39, 0.29) is 5.97 Å². The molecule has 98 valence electrons. The van der Waals surface area contributed by atoms with Crippen LogP contribution in [-0.2, 0) is 9.53 Å². The minimum Gasteiger partial charge on any atom is -0.489 e. The Morgan fingerprint density at radius 1 is 1.28 bits per heavy atom. The van der Waals surface area contributed by atoms with Gasteiger partial charge in [0, 0.05) is 6.08 Å². The van der Waals surface area contributed by atoms with Gasteiger partial charge in [0.2, 0.25) is 0 Å². The van der Waals surface area contributed by atoms with Crippen molar-refractivity contribution >= 4 is 5.97 Å². The third-order valence-electron chi connectivity index (χ3n) is 2.64. The van der Waals surface area contributed by atoms with Crippen LogP contribution in [0.5, 0.6) is 5.75 Å². The number of benzene rings is 1. The summed E-state index contributed by atoms with van der Waals surface area (Å²) in [7, 11) is 0. The highest BCUT2D eigenvalue weighted by Gasteiger charge is 2.03. The van der Waals surface area contributed by atoms with Crippen LogP contribution in [-0.4, -0.2) is 19.2 Å². The quantitative estimate of drug-likeness (QED) is 0.593. The molecule has 0 aliphatic rings. The van der Waals surface area contributed by atoms with Gasteiger partial charge < -0.3 is 9.47 Å². The fourth-order valence-electron chi connectivity index (χ4n) is 1.62. The first-order valence-corrected chi connectivity index (χ1v) is 6.08. The lowest BCUT2D eigenvalue weighted by molar-refractivity contribution is -0.137. The van der Waals surface area contributed by atoms with Gasteiger partial charge in [0.25, 0.3) is 0 Å². The van der Waals surface area contributed by atoms with Crippen LogP contribution in [0.2, 0.25) is 0 Å². The van der Waals surface area contributed by atoms with Gasteiger partial charge in [0.05, 0.1) is 6.61 Å². The van der Waals surface area contributed by atoms with Crippen molar-refractivity contribution in [1.29, 1.82) is 0 Å². The fraction of sp³-hybridized carbons (Fsp3) is 0.400. The monoisotopic (exact) mass is 248 g/mol. The number of hydrogen-bond donors (Lipinski definition) is 0. The van der Waals surface area contributed by atoms with Gasteiger partial charge >= 0.3 is 5.97 Å². The van der Waals surface area contributed by atoms with Gasteiger partial charge in [-0.2, -0.15) is 0 Å². The molecule has 0 amide bonds. The van der Waals surface area contributed by atoms with Crippen LogP contribution in [0.1, 0.15) is 23.6 Å². The van der Waals surface area contributed by atoms with Gasteiger partial charge in [0.1, 0.15) is 12.4 Å². The zero-order valence-electron chi connectivity index (χ0n) is 11.4. The van der Waals surface area contributed by atoms with Gasteiger partial charge in [-0.25, -0.2) is 4.79 Å². The molecule has 1 rings (SSSR count). The molecule has 1 aromatic rings. The maximum atomic E-state index is 11.1. The van der Waals surface area contributed by atoms with Gasteiger partial charge in [-0.05, 0) is 56.5 Å². The molecule has 0 unspecified atom stereocenters. The van der Waals surface area contributed by atoms with Crippen molar-refractivity contribution in [3.05, 3.63) is 41.0 Å². The minimum atomic E-state index is -0.335. The minimum absolute atomic E-state index is 0.335. The molecule has 3 heteroatoms. The average molecular weight is 248 g/mol. The number of rotatable bonds is 5. The maximum Gasteiger partial charge on any atom is 0.330 e. The highest BCUT2D eigenvalue weighted by molar-refractivity contribution is 5.81. The lowest BCUT2D eigenvalue weighted by Crippen LogP contribution is -2.02. The molecule has 1 aromatic carbocycles.